The van der Waals surface area contributed by atoms with Crippen LogP contribution in [0.3, 0.4) is 0 Å². The highest BCUT2D eigenvalue weighted by Crippen LogP contribution is 1.80. The minimum absolute atomic E-state index is 0.856. The molecule has 3 N–H and O–H groups in total. The molecule has 33 valence electrons. The molecule has 1 rings (SSSR count). The molecule has 1 aliphatic rings. The van der Waals surface area contributed by atoms with Gasteiger partial charge < -0.3 is 10.9 Å². The number of hydrazine groups is 2. The van der Waals surface area contributed by atoms with Crippen molar-refractivity contribution < 1.29 is 0 Å². The van der Waals surface area contributed by atoms with Gasteiger partial charge in [-0.15, -0.1) is 0 Å². The lowest BCUT2D eigenvalue weighted by Gasteiger charge is -1.90. The third-order valence-corrected chi connectivity index (χ3v) is 0.542. The molecule has 0 fully saturated rings. The Labute approximate surface area is 36.4 Å². The van der Waals surface area contributed by atoms with E-state index in [1.165, 1.54) is 0 Å². The second-order valence-corrected chi connectivity index (χ2v) is 1.06. The van der Waals surface area contributed by atoms with Crippen molar-refractivity contribution in [3.05, 3.63) is 18.8 Å². The number of nitrogens with one attached hydrogen (secondary N) is 3. The second-order valence-electron chi connectivity index (χ2n) is 1.06. The predicted molar refractivity (Wildman–Crippen MR) is 22.8 cm³/mol. The van der Waals surface area contributed by atoms with E-state index in [0.29, 0.717) is 0 Å². The summed E-state index contributed by atoms with van der Waals surface area (Å²) < 4.78 is 0. The van der Waals surface area contributed by atoms with E-state index in [2.05, 4.69) is 23.3 Å². The topological polar surface area (TPSA) is 36.1 Å². The first-order valence-corrected chi connectivity index (χ1v) is 1.68. The normalized spacial score (nSPS) is 18.5. The molecule has 6 heavy (non-hydrogen) atoms. The molecule has 0 aromatic rings. The molecule has 0 saturated carbocycles. The van der Waals surface area contributed by atoms with Crippen LogP contribution >= 0.6 is 0 Å². The fraction of sp³-hybridized carbons (Fsp3) is 0. The molecule has 3 heteroatoms. The largest absolute Gasteiger partial charge is 0.310 e. The van der Waals surface area contributed by atoms with E-state index >= 15 is 0 Å². The molecule has 0 aromatic heterocycles. The molecule has 0 aliphatic carbocycles. The standard InChI is InChI=1S/C3H6N3/c1-3-2-4-6-5-3/h2,4-6H,1H2. The van der Waals surface area contributed by atoms with Crippen molar-refractivity contribution in [1.82, 2.24) is 16.4 Å². The fourth-order valence-electron chi connectivity index (χ4n) is 0.276. The van der Waals surface area contributed by atoms with Crippen LogP contribution in [-0.4, -0.2) is 0 Å². The van der Waals surface area contributed by atoms with Gasteiger partial charge in [0.1, 0.15) is 0 Å². The van der Waals surface area contributed by atoms with Crippen molar-refractivity contribution in [3.63, 3.8) is 0 Å². The highest BCUT2D eigenvalue weighted by molar-refractivity contribution is 5.02. The number of allylic oxidation sites excluding steroid dienone is 1. The average molecular weight is 84.1 g/mol. The summed E-state index contributed by atoms with van der Waals surface area (Å²) in [5.74, 6) is 0. The maximum atomic E-state index is 3.56. The monoisotopic (exact) mass is 84.1 g/mol. The summed E-state index contributed by atoms with van der Waals surface area (Å²) in [6.45, 7) is 3.56. The Morgan fingerprint density at radius 3 is 2.67 bits per heavy atom. The zero-order valence-corrected chi connectivity index (χ0v) is 3.28. The van der Waals surface area contributed by atoms with Gasteiger partial charge in [0.15, 0.2) is 0 Å². The quantitative estimate of drug-likeness (QED) is 0.362. The summed E-state index contributed by atoms with van der Waals surface area (Å²) in [7, 11) is 0. The molecule has 0 amide bonds. The van der Waals surface area contributed by atoms with Crippen LogP contribution in [0.5, 0.6) is 0 Å². The van der Waals surface area contributed by atoms with Crippen LogP contribution in [0.2, 0.25) is 0 Å². The van der Waals surface area contributed by atoms with Crippen molar-refractivity contribution in [3.8, 4) is 0 Å². The Balaban J connectivity index is 2.45. The van der Waals surface area contributed by atoms with E-state index in [-0.39, 0.29) is 0 Å². The van der Waals surface area contributed by atoms with Crippen molar-refractivity contribution in [2.24, 2.45) is 0 Å². The summed E-state index contributed by atoms with van der Waals surface area (Å²) in [6, 6.07) is 0. The van der Waals surface area contributed by atoms with Gasteiger partial charge in [-0.1, -0.05) is 0 Å². The van der Waals surface area contributed by atoms with E-state index in [0.717, 1.165) is 5.70 Å². The maximum absolute atomic E-state index is 3.56. The zero-order chi connectivity index (χ0) is 4.41. The molecule has 0 atom stereocenters. The number of rotatable bonds is 0. The predicted octanol–water partition coefficient (Wildman–Crippen LogP) is -0.726. The van der Waals surface area contributed by atoms with Crippen molar-refractivity contribution in [1.29, 1.82) is 0 Å². The SMILES string of the molecule is [CH2]C1=CNNN1. The highest BCUT2D eigenvalue weighted by atomic mass is 15.6. The van der Waals surface area contributed by atoms with Gasteiger partial charge in [-0.3, -0.25) is 0 Å². The lowest BCUT2D eigenvalue weighted by Crippen LogP contribution is -2.31. The van der Waals surface area contributed by atoms with Crippen LogP contribution < -0.4 is 16.4 Å². The number of hydrogen-bond donors (Lipinski definition) is 3. The van der Waals surface area contributed by atoms with E-state index in [1.807, 2.05) is 0 Å². The van der Waals surface area contributed by atoms with Gasteiger partial charge in [0.05, 0.1) is 0 Å². The van der Waals surface area contributed by atoms with E-state index in [1.54, 1.807) is 6.20 Å². The molecule has 0 spiro atoms. The minimum Gasteiger partial charge on any atom is -0.310 e. The van der Waals surface area contributed by atoms with Crippen LogP contribution in [0.1, 0.15) is 0 Å². The van der Waals surface area contributed by atoms with E-state index in [4.69, 9.17) is 0 Å². The Morgan fingerprint density at radius 2 is 2.50 bits per heavy atom. The van der Waals surface area contributed by atoms with Crippen LogP contribution in [-0.2, 0) is 0 Å². The van der Waals surface area contributed by atoms with Crippen molar-refractivity contribution in [2.45, 2.75) is 0 Å². The number of hydrogen-bond acceptors (Lipinski definition) is 3. The molecule has 0 saturated heterocycles. The molecule has 3 nitrogen and oxygen atoms in total. The summed E-state index contributed by atoms with van der Waals surface area (Å²) in [5, 5.41) is 0. The van der Waals surface area contributed by atoms with Gasteiger partial charge >= 0.3 is 0 Å². The smallest absolute Gasteiger partial charge is 0.0454 e. The van der Waals surface area contributed by atoms with Crippen molar-refractivity contribution in [2.75, 3.05) is 0 Å². The van der Waals surface area contributed by atoms with Gasteiger partial charge in [-0.2, -0.15) is 5.53 Å². The Bertz CT molecular complexity index is 76.1. The van der Waals surface area contributed by atoms with Crippen LogP contribution in [0.4, 0.5) is 0 Å². The Kier molecular flexibility index (Phi) is 0.686. The third-order valence-electron chi connectivity index (χ3n) is 0.542. The first-order chi connectivity index (χ1) is 2.89. The first kappa shape index (κ1) is 3.49. The molecule has 0 aromatic carbocycles. The maximum Gasteiger partial charge on any atom is 0.0454 e. The van der Waals surface area contributed by atoms with Crippen molar-refractivity contribution >= 4 is 0 Å². The Hall–Kier alpha value is -0.700. The molecule has 1 radical (unpaired) electrons. The molecule has 0 unspecified atom stereocenters. The van der Waals surface area contributed by atoms with Crippen LogP contribution in [0.25, 0.3) is 0 Å². The molecule has 0 bridgehead atoms. The van der Waals surface area contributed by atoms with Gasteiger partial charge in [-0.05, 0) is 6.92 Å². The van der Waals surface area contributed by atoms with Crippen LogP contribution in [0, 0.1) is 6.92 Å². The lowest BCUT2D eigenvalue weighted by atomic mass is 10.6. The second kappa shape index (κ2) is 1.18. The highest BCUT2D eigenvalue weighted by Gasteiger charge is 1.88. The third kappa shape index (κ3) is 0.440. The lowest BCUT2D eigenvalue weighted by molar-refractivity contribution is 0.605. The van der Waals surface area contributed by atoms with Gasteiger partial charge in [-0.25, -0.2) is 0 Å². The zero-order valence-electron chi connectivity index (χ0n) is 3.28. The summed E-state index contributed by atoms with van der Waals surface area (Å²) in [4.78, 5) is 0. The summed E-state index contributed by atoms with van der Waals surface area (Å²) in [5.41, 5.74) is 8.87. The first-order valence-electron chi connectivity index (χ1n) is 1.68. The molecular weight excluding hydrogens is 78.1 g/mol. The fourth-order valence-corrected chi connectivity index (χ4v) is 0.276. The van der Waals surface area contributed by atoms with E-state index in [9.17, 15) is 0 Å². The van der Waals surface area contributed by atoms with E-state index < -0.39 is 0 Å². The van der Waals surface area contributed by atoms with Gasteiger partial charge in [0.25, 0.3) is 0 Å². The average Bonchev–Trinajstić information content (AvgIpc) is 1.86. The van der Waals surface area contributed by atoms with Gasteiger partial charge in [0.2, 0.25) is 0 Å². The molecule has 1 heterocycles. The van der Waals surface area contributed by atoms with Crippen LogP contribution in [0.15, 0.2) is 11.9 Å². The molecular formula is C3H6N3. The minimum atomic E-state index is 0.856. The summed E-state index contributed by atoms with van der Waals surface area (Å²) in [6.07, 6.45) is 1.74. The Morgan fingerprint density at radius 1 is 1.67 bits per heavy atom. The summed E-state index contributed by atoms with van der Waals surface area (Å²) >= 11 is 0. The molecule has 1 aliphatic heterocycles. The van der Waals surface area contributed by atoms with Gasteiger partial charge in [0, 0.05) is 11.9 Å².